The molecule has 1 aromatic rings. The molecule has 88 valence electrons. The van der Waals surface area contributed by atoms with E-state index in [1.54, 1.807) is 0 Å². The van der Waals surface area contributed by atoms with Gasteiger partial charge in [-0.1, -0.05) is 18.5 Å². The van der Waals surface area contributed by atoms with Crippen molar-refractivity contribution in [2.45, 2.75) is 25.1 Å². The normalized spacial score (nSPS) is 25.8. The van der Waals surface area contributed by atoms with Gasteiger partial charge in [0.15, 0.2) is 11.0 Å². The summed E-state index contributed by atoms with van der Waals surface area (Å²) < 4.78 is 0. The molecule has 16 heavy (non-hydrogen) atoms. The lowest BCUT2D eigenvalue weighted by molar-refractivity contribution is 0.620. The number of thioether (sulfide) groups is 1. The summed E-state index contributed by atoms with van der Waals surface area (Å²) in [5.74, 6) is 1.85. The Bertz CT molecular complexity index is 387. The Morgan fingerprint density at radius 1 is 1.50 bits per heavy atom. The van der Waals surface area contributed by atoms with Gasteiger partial charge in [-0.3, -0.25) is 0 Å². The van der Waals surface area contributed by atoms with E-state index in [9.17, 15) is 0 Å². The summed E-state index contributed by atoms with van der Waals surface area (Å²) in [5, 5.41) is 0.907. The van der Waals surface area contributed by atoms with Crippen molar-refractivity contribution >= 4 is 34.9 Å². The van der Waals surface area contributed by atoms with Gasteiger partial charge < -0.3 is 10.6 Å². The predicted molar refractivity (Wildman–Crippen MR) is 70.2 cm³/mol. The van der Waals surface area contributed by atoms with Crippen molar-refractivity contribution in [2.24, 2.45) is 0 Å². The molecule has 1 fully saturated rings. The summed E-state index contributed by atoms with van der Waals surface area (Å²) in [4.78, 5) is 10.3. The van der Waals surface area contributed by atoms with Gasteiger partial charge in [0.2, 0.25) is 0 Å². The molecular weight excluding hydrogens is 244 g/mol. The van der Waals surface area contributed by atoms with Crippen LogP contribution in [0.3, 0.4) is 0 Å². The second-order valence-corrected chi connectivity index (χ2v) is 5.75. The Kier molecular flexibility index (Phi) is 3.44. The lowest BCUT2D eigenvalue weighted by atomic mass is 10.2. The molecule has 6 heteroatoms. The predicted octanol–water partition coefficient (Wildman–Crippen LogP) is 2.04. The summed E-state index contributed by atoms with van der Waals surface area (Å²) in [5.41, 5.74) is 6.40. The number of nitrogens with zero attached hydrogens (tertiary/aromatic N) is 3. The molecule has 1 aliphatic heterocycles. The van der Waals surface area contributed by atoms with Crippen LogP contribution in [0.4, 0.5) is 11.5 Å². The van der Waals surface area contributed by atoms with E-state index in [1.807, 2.05) is 11.8 Å². The minimum Gasteiger partial charge on any atom is -0.393 e. The molecule has 2 unspecified atom stereocenters. The van der Waals surface area contributed by atoms with Gasteiger partial charge in [-0.25, -0.2) is 9.97 Å². The number of hydrogen-bond acceptors (Lipinski definition) is 5. The minimum atomic E-state index is 0.336. The Morgan fingerprint density at radius 3 is 3.00 bits per heavy atom. The molecule has 0 aromatic carbocycles. The molecule has 0 bridgehead atoms. The van der Waals surface area contributed by atoms with Crippen LogP contribution in [0.5, 0.6) is 0 Å². The average molecular weight is 259 g/mol. The highest BCUT2D eigenvalue weighted by atomic mass is 35.5. The summed E-state index contributed by atoms with van der Waals surface area (Å²) in [6.45, 7) is 5.36. The van der Waals surface area contributed by atoms with Gasteiger partial charge in [-0.2, -0.15) is 11.8 Å². The number of rotatable bonds is 1. The zero-order chi connectivity index (χ0) is 11.7. The zero-order valence-corrected chi connectivity index (χ0v) is 10.9. The quantitative estimate of drug-likeness (QED) is 0.782. The SMILES string of the molecule is CC1SCCN(c2ncnc(Cl)c2N)C1C. The number of nitrogens with two attached hydrogens (primary N) is 1. The fourth-order valence-corrected chi connectivity index (χ4v) is 3.05. The van der Waals surface area contributed by atoms with E-state index in [0.29, 0.717) is 22.1 Å². The van der Waals surface area contributed by atoms with E-state index in [-0.39, 0.29) is 0 Å². The van der Waals surface area contributed by atoms with Crippen molar-refractivity contribution in [3.8, 4) is 0 Å². The van der Waals surface area contributed by atoms with Gasteiger partial charge in [-0.15, -0.1) is 0 Å². The fraction of sp³-hybridized carbons (Fsp3) is 0.600. The van der Waals surface area contributed by atoms with Gasteiger partial charge in [0.1, 0.15) is 12.0 Å². The molecule has 1 aliphatic rings. The summed E-state index contributed by atoms with van der Waals surface area (Å²) in [6, 6.07) is 0.409. The smallest absolute Gasteiger partial charge is 0.157 e. The van der Waals surface area contributed by atoms with Crippen LogP contribution in [0, 0.1) is 0 Å². The van der Waals surface area contributed by atoms with E-state index in [4.69, 9.17) is 17.3 Å². The lowest BCUT2D eigenvalue weighted by Gasteiger charge is -2.38. The Balaban J connectivity index is 2.32. The van der Waals surface area contributed by atoms with Gasteiger partial charge in [0.25, 0.3) is 0 Å². The van der Waals surface area contributed by atoms with E-state index < -0.39 is 0 Å². The monoisotopic (exact) mass is 258 g/mol. The highest BCUT2D eigenvalue weighted by Gasteiger charge is 2.27. The van der Waals surface area contributed by atoms with Crippen LogP contribution in [-0.2, 0) is 0 Å². The molecule has 0 amide bonds. The number of aromatic nitrogens is 2. The molecule has 0 radical (unpaired) electrons. The third-order valence-corrected chi connectivity index (χ3v) is 4.61. The van der Waals surface area contributed by atoms with Crippen LogP contribution in [0.2, 0.25) is 5.15 Å². The number of anilines is 2. The first kappa shape index (κ1) is 11.8. The van der Waals surface area contributed by atoms with E-state index in [1.165, 1.54) is 6.33 Å². The topological polar surface area (TPSA) is 55.0 Å². The van der Waals surface area contributed by atoms with Crippen LogP contribution in [0.1, 0.15) is 13.8 Å². The van der Waals surface area contributed by atoms with Crippen LogP contribution in [0.25, 0.3) is 0 Å². The minimum absolute atomic E-state index is 0.336. The molecule has 0 aliphatic carbocycles. The summed E-state index contributed by atoms with van der Waals surface area (Å²) >= 11 is 7.88. The number of nitrogen functional groups attached to an aromatic ring is 1. The van der Waals surface area contributed by atoms with E-state index in [0.717, 1.165) is 18.1 Å². The molecule has 2 heterocycles. The van der Waals surface area contributed by atoms with Crippen molar-refractivity contribution in [1.82, 2.24) is 9.97 Å². The first-order chi connectivity index (χ1) is 7.61. The summed E-state index contributed by atoms with van der Waals surface area (Å²) in [7, 11) is 0. The third-order valence-electron chi connectivity index (χ3n) is 2.97. The second kappa shape index (κ2) is 4.67. The van der Waals surface area contributed by atoms with Gasteiger partial charge in [-0.05, 0) is 6.92 Å². The van der Waals surface area contributed by atoms with E-state index in [2.05, 4.69) is 28.7 Å². The Hall–Kier alpha value is -0.680. The summed E-state index contributed by atoms with van der Waals surface area (Å²) in [6.07, 6.45) is 1.47. The molecular formula is C10H15ClN4S. The number of halogens is 1. The largest absolute Gasteiger partial charge is 0.393 e. The van der Waals surface area contributed by atoms with Crippen molar-refractivity contribution in [3.63, 3.8) is 0 Å². The van der Waals surface area contributed by atoms with Crippen LogP contribution in [0.15, 0.2) is 6.33 Å². The Labute approximate surface area is 105 Å². The Morgan fingerprint density at radius 2 is 2.25 bits per heavy atom. The maximum absolute atomic E-state index is 5.92. The highest BCUT2D eigenvalue weighted by Crippen LogP contribution is 2.32. The van der Waals surface area contributed by atoms with Crippen LogP contribution < -0.4 is 10.6 Å². The van der Waals surface area contributed by atoms with Crippen LogP contribution in [-0.4, -0.2) is 33.6 Å². The fourth-order valence-electron chi connectivity index (χ4n) is 1.83. The first-order valence-electron chi connectivity index (χ1n) is 5.25. The van der Waals surface area contributed by atoms with Crippen molar-refractivity contribution in [1.29, 1.82) is 0 Å². The van der Waals surface area contributed by atoms with Crippen molar-refractivity contribution < 1.29 is 0 Å². The van der Waals surface area contributed by atoms with E-state index >= 15 is 0 Å². The molecule has 0 spiro atoms. The van der Waals surface area contributed by atoms with Gasteiger partial charge in [0, 0.05) is 23.6 Å². The molecule has 4 nitrogen and oxygen atoms in total. The number of hydrogen-bond donors (Lipinski definition) is 1. The zero-order valence-electron chi connectivity index (χ0n) is 9.35. The standard InChI is InChI=1S/C10H15ClN4S/c1-6-7(2)16-4-3-15(6)10-8(12)9(11)13-5-14-10/h5-7H,3-4,12H2,1-2H3. The molecule has 1 saturated heterocycles. The maximum Gasteiger partial charge on any atom is 0.157 e. The maximum atomic E-state index is 5.92. The second-order valence-electron chi connectivity index (χ2n) is 3.91. The van der Waals surface area contributed by atoms with Crippen LogP contribution >= 0.6 is 23.4 Å². The first-order valence-corrected chi connectivity index (χ1v) is 6.68. The third kappa shape index (κ3) is 2.06. The van der Waals surface area contributed by atoms with Gasteiger partial charge in [0.05, 0.1) is 0 Å². The molecule has 1 aromatic heterocycles. The van der Waals surface area contributed by atoms with Crippen molar-refractivity contribution in [3.05, 3.63) is 11.5 Å². The molecule has 0 saturated carbocycles. The average Bonchev–Trinajstić information content (AvgIpc) is 2.27. The van der Waals surface area contributed by atoms with Gasteiger partial charge >= 0.3 is 0 Å². The lowest BCUT2D eigenvalue weighted by Crippen LogP contribution is -2.45. The molecule has 2 rings (SSSR count). The van der Waals surface area contributed by atoms with Crippen molar-refractivity contribution in [2.75, 3.05) is 22.9 Å². The molecule has 2 atom stereocenters. The highest BCUT2D eigenvalue weighted by molar-refractivity contribution is 8.00. The molecule has 2 N–H and O–H groups in total.